The van der Waals surface area contributed by atoms with Gasteiger partial charge in [-0.05, 0) is 25.0 Å². The van der Waals surface area contributed by atoms with E-state index in [1.807, 2.05) is 0 Å². The molecule has 1 amide bonds. The molecule has 4 rings (SSSR count). The monoisotopic (exact) mass is 495 g/mol. The first kappa shape index (κ1) is 23.5. The van der Waals surface area contributed by atoms with Crippen molar-refractivity contribution in [2.45, 2.75) is 25.3 Å². The van der Waals surface area contributed by atoms with E-state index < -0.39 is 39.9 Å². The first-order valence-corrected chi connectivity index (χ1v) is 11.3. The zero-order chi connectivity index (χ0) is 24.6. The summed E-state index contributed by atoms with van der Waals surface area (Å²) in [5.74, 6) is -4.12. The van der Waals surface area contributed by atoms with Crippen LogP contribution >= 0.6 is 0 Å². The third-order valence-electron chi connectivity index (χ3n) is 5.66. The number of thiol groups is 1. The summed E-state index contributed by atoms with van der Waals surface area (Å²) in [7, 11) is -0.854. The van der Waals surface area contributed by atoms with Gasteiger partial charge in [0.2, 0.25) is 16.8 Å². The molecule has 3 aromatic rings. The van der Waals surface area contributed by atoms with Crippen molar-refractivity contribution < 1.29 is 31.1 Å². The van der Waals surface area contributed by atoms with Gasteiger partial charge in [0.05, 0.1) is 31.0 Å². The van der Waals surface area contributed by atoms with Crippen LogP contribution in [0.3, 0.4) is 0 Å². The molecule has 0 unspecified atom stereocenters. The quantitative estimate of drug-likeness (QED) is 0.509. The maximum Gasteiger partial charge on any atom is 0.271 e. The van der Waals surface area contributed by atoms with Gasteiger partial charge in [0.25, 0.3) is 5.91 Å². The van der Waals surface area contributed by atoms with Gasteiger partial charge < -0.3 is 14.6 Å². The van der Waals surface area contributed by atoms with E-state index in [1.165, 1.54) is 20.5 Å². The number of halogens is 3. The van der Waals surface area contributed by atoms with Gasteiger partial charge in [-0.15, -0.1) is 0 Å². The fraction of sp³-hybridized carbons (Fsp3) is 0.286. The van der Waals surface area contributed by atoms with Crippen molar-refractivity contribution in [3.63, 3.8) is 0 Å². The van der Waals surface area contributed by atoms with E-state index in [0.717, 1.165) is 24.4 Å². The fourth-order valence-corrected chi connectivity index (χ4v) is 4.79. The summed E-state index contributed by atoms with van der Waals surface area (Å²) in [6.07, 6.45) is 2.87. The van der Waals surface area contributed by atoms with Crippen LogP contribution in [0.5, 0.6) is 5.88 Å². The molecule has 0 spiro atoms. The second-order valence-corrected chi connectivity index (χ2v) is 8.41. The van der Waals surface area contributed by atoms with E-state index in [2.05, 4.69) is 15.3 Å². The number of amides is 1. The van der Waals surface area contributed by atoms with Gasteiger partial charge >= 0.3 is 0 Å². The number of fused-ring (bicyclic) bond motifs is 1. The number of carbonyl (C=O) groups excluding carboxylic acids is 1. The van der Waals surface area contributed by atoms with Crippen molar-refractivity contribution in [1.82, 2.24) is 19.9 Å². The molecule has 1 aromatic carbocycles. The Hall–Kier alpha value is -3.61. The highest BCUT2D eigenvalue weighted by Crippen LogP contribution is 2.40. The molecule has 2 aromatic heterocycles. The van der Waals surface area contributed by atoms with Gasteiger partial charge in [0.15, 0.2) is 5.82 Å². The first-order chi connectivity index (χ1) is 16.3. The van der Waals surface area contributed by atoms with E-state index in [1.54, 1.807) is 4.57 Å². The molecule has 180 valence electrons. The van der Waals surface area contributed by atoms with Crippen molar-refractivity contribution in [1.29, 1.82) is 0 Å². The molecule has 1 atom stereocenters. The van der Waals surface area contributed by atoms with Crippen molar-refractivity contribution in [3.05, 3.63) is 65.1 Å². The molecule has 0 saturated carbocycles. The summed E-state index contributed by atoms with van der Waals surface area (Å²) in [5, 5.41) is 2.50. The van der Waals surface area contributed by atoms with Gasteiger partial charge in [0, 0.05) is 31.1 Å². The zero-order valence-corrected chi connectivity index (χ0v) is 19.0. The van der Waals surface area contributed by atoms with E-state index in [0.29, 0.717) is 22.8 Å². The maximum absolute atomic E-state index is 15.7. The van der Waals surface area contributed by atoms with Crippen molar-refractivity contribution in [3.8, 4) is 5.88 Å². The summed E-state index contributed by atoms with van der Waals surface area (Å²) in [6.45, 7) is 0.130. The Kier molecular flexibility index (Phi) is 6.46. The van der Waals surface area contributed by atoms with Gasteiger partial charge in [-0.25, -0.2) is 35.9 Å². The van der Waals surface area contributed by atoms with Crippen LogP contribution in [-0.4, -0.2) is 43.0 Å². The molecule has 0 bridgehead atoms. The van der Waals surface area contributed by atoms with Crippen LogP contribution in [0.4, 0.5) is 24.5 Å². The number of nitrogens with zero attached hydrogens (tertiary/aromatic N) is 4. The predicted molar refractivity (Wildman–Crippen MR) is 116 cm³/mol. The normalized spacial score (nSPS) is 15.2. The number of pyridine rings is 1. The lowest BCUT2D eigenvalue weighted by molar-refractivity contribution is 0.0957. The summed E-state index contributed by atoms with van der Waals surface area (Å²) in [5.41, 5.74) is -0.279. The molecule has 0 aliphatic carbocycles. The molecule has 1 aliphatic rings. The molecule has 13 heteroatoms. The molecular weight excluding hydrogens is 475 g/mol. The van der Waals surface area contributed by atoms with Crippen molar-refractivity contribution in [2.75, 3.05) is 18.5 Å². The van der Waals surface area contributed by atoms with Gasteiger partial charge in [-0.2, -0.15) is 0 Å². The van der Waals surface area contributed by atoms with E-state index in [-0.39, 0.29) is 35.3 Å². The molecule has 0 fully saturated rings. The predicted octanol–water partition coefficient (Wildman–Crippen LogP) is 2.46. The largest absolute Gasteiger partial charge is 0.479 e. The number of nitrogens with one attached hydrogen (secondary N) is 1. The van der Waals surface area contributed by atoms with Crippen LogP contribution in [0, 0.1) is 17.5 Å². The Morgan fingerprint density at radius 2 is 2.00 bits per heavy atom. The smallest absolute Gasteiger partial charge is 0.271 e. The van der Waals surface area contributed by atoms with Gasteiger partial charge in [-0.3, -0.25) is 4.79 Å². The SMILES string of the molecule is CNC(=O)c1ncn2c1CC[C@@H](c1c(F)ccc(N(c3cc(F)cnc3OC)[SH](=O)=O)c1F)C2. The molecule has 0 radical (unpaired) electrons. The highest BCUT2D eigenvalue weighted by Gasteiger charge is 2.32. The minimum atomic E-state index is -3.53. The lowest BCUT2D eigenvalue weighted by Gasteiger charge is -2.27. The van der Waals surface area contributed by atoms with Crippen LogP contribution < -0.4 is 14.4 Å². The third-order valence-corrected chi connectivity index (χ3v) is 6.42. The van der Waals surface area contributed by atoms with Crippen LogP contribution in [0.25, 0.3) is 0 Å². The molecule has 3 heterocycles. The number of carbonyl (C=O) groups is 1. The number of hydrogen-bond donors (Lipinski definition) is 2. The molecule has 1 aliphatic heterocycles. The summed E-state index contributed by atoms with van der Waals surface area (Å²) < 4.78 is 75.8. The maximum atomic E-state index is 15.7. The van der Waals surface area contributed by atoms with Crippen LogP contribution in [-0.2, 0) is 23.9 Å². The number of ether oxygens (including phenoxy) is 1. The van der Waals surface area contributed by atoms with Crippen LogP contribution in [0.1, 0.15) is 34.1 Å². The molecular formula is C21H20F3N5O4S. The van der Waals surface area contributed by atoms with Crippen LogP contribution in [0.15, 0.2) is 30.7 Å². The molecule has 34 heavy (non-hydrogen) atoms. The Labute approximate surface area is 194 Å². The summed E-state index contributed by atoms with van der Waals surface area (Å²) >= 11 is 0. The second kappa shape index (κ2) is 9.33. The molecule has 9 nitrogen and oxygen atoms in total. The topological polar surface area (TPSA) is 106 Å². The van der Waals surface area contributed by atoms with E-state index in [9.17, 15) is 22.0 Å². The Morgan fingerprint density at radius 1 is 1.24 bits per heavy atom. The Bertz CT molecular complexity index is 1340. The number of anilines is 2. The summed E-state index contributed by atoms with van der Waals surface area (Å²) in [4.78, 5) is 19.8. The Morgan fingerprint density at radius 3 is 2.68 bits per heavy atom. The minimum absolute atomic E-state index is 0.130. The second-order valence-electron chi connectivity index (χ2n) is 7.53. The highest BCUT2D eigenvalue weighted by atomic mass is 32.2. The lowest BCUT2D eigenvalue weighted by atomic mass is 9.89. The zero-order valence-electron chi connectivity index (χ0n) is 18.1. The Balaban J connectivity index is 1.78. The third kappa shape index (κ3) is 4.06. The number of methoxy groups -OCH3 is 1. The lowest BCUT2D eigenvalue weighted by Crippen LogP contribution is -2.25. The molecule has 1 N–H and O–H groups in total. The fourth-order valence-electron chi connectivity index (χ4n) is 4.14. The summed E-state index contributed by atoms with van der Waals surface area (Å²) in [6, 6.07) is 2.75. The van der Waals surface area contributed by atoms with Crippen molar-refractivity contribution in [2.24, 2.45) is 0 Å². The van der Waals surface area contributed by atoms with Crippen molar-refractivity contribution >= 4 is 28.2 Å². The average Bonchev–Trinajstić information content (AvgIpc) is 3.23. The van der Waals surface area contributed by atoms with E-state index >= 15 is 4.39 Å². The number of imidazole rings is 1. The number of hydrogen-bond acceptors (Lipinski definition) is 6. The average molecular weight is 495 g/mol. The molecule has 0 saturated heterocycles. The number of rotatable bonds is 6. The van der Waals surface area contributed by atoms with Crippen LogP contribution in [0.2, 0.25) is 0 Å². The van der Waals surface area contributed by atoms with Gasteiger partial charge in [-0.1, -0.05) is 0 Å². The minimum Gasteiger partial charge on any atom is -0.479 e. The van der Waals surface area contributed by atoms with E-state index in [4.69, 9.17) is 4.74 Å². The number of benzene rings is 1. The highest BCUT2D eigenvalue weighted by molar-refractivity contribution is 7.74. The van der Waals surface area contributed by atoms with Gasteiger partial charge in [0.1, 0.15) is 23.0 Å². The first-order valence-electron chi connectivity index (χ1n) is 10.1. The number of aromatic nitrogens is 3. The standard InChI is InChI=1S/C21H20F3N5O4S/c1-25-20(30)19-15-5-3-11(9-28(15)10-27-19)17-13(23)4-6-14(18(17)24)29(34(31)32)16-7-12(22)8-26-21(16)33-2/h4,6-8,10-11,34H,3,5,9H2,1-2H3,(H,25,30)/t11-/m1/s1.